The van der Waals surface area contributed by atoms with Crippen molar-refractivity contribution in [1.82, 2.24) is 4.90 Å². The zero-order chi connectivity index (χ0) is 17.7. The first-order valence-electron chi connectivity index (χ1n) is 8.91. The summed E-state index contributed by atoms with van der Waals surface area (Å²) in [7, 11) is 1.67. The van der Waals surface area contributed by atoms with Gasteiger partial charge in [-0.05, 0) is 47.7 Å². The van der Waals surface area contributed by atoms with Crippen LogP contribution in [0.2, 0.25) is 0 Å². The summed E-state index contributed by atoms with van der Waals surface area (Å²) in [5, 5.41) is 0. The van der Waals surface area contributed by atoms with Gasteiger partial charge in [0.15, 0.2) is 23.0 Å². The number of benzene rings is 2. The molecule has 0 saturated carbocycles. The van der Waals surface area contributed by atoms with E-state index in [0.717, 1.165) is 48.9 Å². The number of hydrogen-bond donors (Lipinski definition) is 0. The summed E-state index contributed by atoms with van der Waals surface area (Å²) in [6.07, 6.45) is 3.43. The second-order valence-corrected chi connectivity index (χ2v) is 6.86. The molecule has 3 aliphatic rings. The minimum atomic E-state index is 0.317. The van der Waals surface area contributed by atoms with E-state index in [9.17, 15) is 0 Å². The maximum absolute atomic E-state index is 5.71. The smallest absolute Gasteiger partial charge is 0.231 e. The van der Waals surface area contributed by atoms with Gasteiger partial charge in [-0.2, -0.15) is 0 Å². The SMILES string of the molecule is C=COc1c(OC)ccc2c1CN1CCc3cc4c(cc3C1C2)OCO4. The van der Waals surface area contributed by atoms with Gasteiger partial charge < -0.3 is 18.9 Å². The molecule has 5 nitrogen and oxygen atoms in total. The molecule has 2 aromatic rings. The highest BCUT2D eigenvalue weighted by Crippen LogP contribution is 2.46. The molecule has 5 rings (SSSR count). The van der Waals surface area contributed by atoms with E-state index in [4.69, 9.17) is 18.9 Å². The highest BCUT2D eigenvalue weighted by atomic mass is 16.7. The lowest BCUT2D eigenvalue weighted by molar-refractivity contribution is 0.158. The highest BCUT2D eigenvalue weighted by molar-refractivity contribution is 5.55. The fourth-order valence-corrected chi connectivity index (χ4v) is 4.37. The van der Waals surface area contributed by atoms with Gasteiger partial charge in [0.1, 0.15) is 0 Å². The van der Waals surface area contributed by atoms with E-state index >= 15 is 0 Å². The lowest BCUT2D eigenvalue weighted by atomic mass is 9.83. The van der Waals surface area contributed by atoms with Crippen molar-refractivity contribution in [3.8, 4) is 23.0 Å². The topological polar surface area (TPSA) is 40.2 Å². The van der Waals surface area contributed by atoms with Gasteiger partial charge in [-0.25, -0.2) is 0 Å². The van der Waals surface area contributed by atoms with Crippen molar-refractivity contribution in [3.05, 3.63) is 59.4 Å². The van der Waals surface area contributed by atoms with Gasteiger partial charge in [0, 0.05) is 24.7 Å². The molecule has 1 atom stereocenters. The quantitative estimate of drug-likeness (QED) is 0.790. The Hall–Kier alpha value is -2.66. The molecule has 0 spiro atoms. The molecule has 1 unspecified atom stereocenters. The van der Waals surface area contributed by atoms with Crippen LogP contribution in [0.4, 0.5) is 0 Å². The lowest BCUT2D eigenvalue weighted by Gasteiger charge is -2.42. The van der Waals surface area contributed by atoms with Gasteiger partial charge in [-0.15, -0.1) is 0 Å². The lowest BCUT2D eigenvalue weighted by Crippen LogP contribution is -2.39. The summed E-state index contributed by atoms with van der Waals surface area (Å²) in [5.41, 5.74) is 5.22. The van der Waals surface area contributed by atoms with Gasteiger partial charge in [0.25, 0.3) is 0 Å². The summed E-state index contributed by atoms with van der Waals surface area (Å²) in [5.74, 6) is 3.28. The Kier molecular flexibility index (Phi) is 3.57. The van der Waals surface area contributed by atoms with Crippen molar-refractivity contribution in [2.45, 2.75) is 25.4 Å². The van der Waals surface area contributed by atoms with Crippen molar-refractivity contribution in [2.24, 2.45) is 0 Å². The molecule has 0 N–H and O–H groups in total. The first kappa shape index (κ1) is 15.6. The first-order chi connectivity index (χ1) is 12.8. The molecule has 5 heteroatoms. The highest BCUT2D eigenvalue weighted by Gasteiger charge is 2.35. The monoisotopic (exact) mass is 351 g/mol. The Morgan fingerprint density at radius 3 is 2.85 bits per heavy atom. The van der Waals surface area contributed by atoms with E-state index in [1.54, 1.807) is 7.11 Å². The van der Waals surface area contributed by atoms with Crippen LogP contribution in [0.25, 0.3) is 0 Å². The number of nitrogens with zero attached hydrogens (tertiary/aromatic N) is 1. The van der Waals surface area contributed by atoms with Gasteiger partial charge in [0.2, 0.25) is 6.79 Å². The second-order valence-electron chi connectivity index (χ2n) is 6.86. The molecule has 0 amide bonds. The molecule has 2 aromatic carbocycles. The minimum Gasteiger partial charge on any atom is -0.493 e. The van der Waals surface area contributed by atoms with Crippen molar-refractivity contribution in [3.63, 3.8) is 0 Å². The van der Waals surface area contributed by atoms with Crippen molar-refractivity contribution in [2.75, 3.05) is 20.4 Å². The maximum atomic E-state index is 5.71. The van der Waals surface area contributed by atoms with E-state index in [0.29, 0.717) is 12.8 Å². The van der Waals surface area contributed by atoms with Crippen LogP contribution in [0.15, 0.2) is 37.1 Å². The molecule has 0 fully saturated rings. The van der Waals surface area contributed by atoms with Crippen LogP contribution in [-0.4, -0.2) is 25.3 Å². The number of hydrogen-bond acceptors (Lipinski definition) is 5. The van der Waals surface area contributed by atoms with E-state index in [-0.39, 0.29) is 0 Å². The van der Waals surface area contributed by atoms with Gasteiger partial charge in [0.05, 0.1) is 13.4 Å². The van der Waals surface area contributed by atoms with E-state index in [2.05, 4.69) is 29.7 Å². The normalized spacial score (nSPS) is 20.0. The number of methoxy groups -OCH3 is 1. The number of fused-ring (bicyclic) bond motifs is 5. The minimum absolute atomic E-state index is 0.317. The Labute approximate surface area is 152 Å². The Morgan fingerprint density at radius 2 is 2.04 bits per heavy atom. The summed E-state index contributed by atoms with van der Waals surface area (Å²) >= 11 is 0. The van der Waals surface area contributed by atoms with Crippen LogP contribution in [0.1, 0.15) is 28.3 Å². The Balaban J connectivity index is 1.57. The third-order valence-electron chi connectivity index (χ3n) is 5.62. The van der Waals surface area contributed by atoms with Crippen LogP contribution in [0.5, 0.6) is 23.0 Å². The summed E-state index contributed by atoms with van der Waals surface area (Å²) < 4.78 is 22.4. The molecule has 0 aromatic heterocycles. The molecule has 3 heterocycles. The molecule has 0 saturated heterocycles. The zero-order valence-electron chi connectivity index (χ0n) is 14.8. The average Bonchev–Trinajstić information content (AvgIpc) is 3.13. The van der Waals surface area contributed by atoms with Crippen LogP contribution >= 0.6 is 0 Å². The second kappa shape index (κ2) is 5.95. The van der Waals surface area contributed by atoms with Gasteiger partial charge >= 0.3 is 0 Å². The molecule has 134 valence electrons. The first-order valence-corrected chi connectivity index (χ1v) is 8.91. The standard InChI is InChI=1S/C21H21NO4/c1-3-24-21-16-11-22-7-6-14-9-19-20(26-12-25-19)10-15(14)17(22)8-13(16)4-5-18(21)23-2/h3-5,9-10,17H,1,6-8,11-12H2,2H3. The molecular formula is C21H21NO4. The predicted molar refractivity (Wildman–Crippen MR) is 96.9 cm³/mol. The third-order valence-corrected chi connectivity index (χ3v) is 5.62. The predicted octanol–water partition coefficient (Wildman–Crippen LogP) is 3.60. The van der Waals surface area contributed by atoms with E-state index in [1.165, 1.54) is 28.5 Å². The van der Waals surface area contributed by atoms with E-state index < -0.39 is 0 Å². The van der Waals surface area contributed by atoms with E-state index in [1.807, 2.05) is 6.07 Å². The Morgan fingerprint density at radius 1 is 1.19 bits per heavy atom. The van der Waals surface area contributed by atoms with Crippen molar-refractivity contribution >= 4 is 0 Å². The molecular weight excluding hydrogens is 330 g/mol. The third kappa shape index (κ3) is 2.27. The van der Waals surface area contributed by atoms with Crippen LogP contribution < -0.4 is 18.9 Å². The van der Waals surface area contributed by atoms with Gasteiger partial charge in [-0.1, -0.05) is 12.6 Å². The summed E-state index contributed by atoms with van der Waals surface area (Å²) in [4.78, 5) is 2.52. The van der Waals surface area contributed by atoms with Crippen LogP contribution in [0, 0.1) is 0 Å². The Bertz CT molecular complexity index is 892. The average molecular weight is 351 g/mol. The molecule has 0 bridgehead atoms. The molecule has 3 aliphatic heterocycles. The van der Waals surface area contributed by atoms with Crippen molar-refractivity contribution in [1.29, 1.82) is 0 Å². The molecule has 0 radical (unpaired) electrons. The largest absolute Gasteiger partial charge is 0.493 e. The van der Waals surface area contributed by atoms with Gasteiger partial charge in [-0.3, -0.25) is 4.90 Å². The maximum Gasteiger partial charge on any atom is 0.231 e. The number of ether oxygens (including phenoxy) is 4. The fourth-order valence-electron chi connectivity index (χ4n) is 4.37. The zero-order valence-corrected chi connectivity index (χ0v) is 14.8. The van der Waals surface area contributed by atoms with Crippen molar-refractivity contribution < 1.29 is 18.9 Å². The van der Waals surface area contributed by atoms with Crippen LogP contribution in [-0.2, 0) is 19.4 Å². The molecule has 0 aliphatic carbocycles. The summed E-state index contributed by atoms with van der Waals surface area (Å²) in [6, 6.07) is 8.82. The number of rotatable bonds is 3. The molecule has 26 heavy (non-hydrogen) atoms. The summed E-state index contributed by atoms with van der Waals surface area (Å²) in [6.45, 7) is 5.88. The fraction of sp³-hybridized carbons (Fsp3) is 0.333. The van der Waals surface area contributed by atoms with Crippen LogP contribution in [0.3, 0.4) is 0 Å².